The van der Waals surface area contributed by atoms with Crippen LogP contribution in [0.25, 0.3) is 6.08 Å². The van der Waals surface area contributed by atoms with Crippen molar-refractivity contribution < 1.29 is 27.5 Å². The van der Waals surface area contributed by atoms with Gasteiger partial charge in [-0.1, -0.05) is 54.1 Å². The number of benzene rings is 2. The summed E-state index contributed by atoms with van der Waals surface area (Å²) < 4.78 is 42.6. The summed E-state index contributed by atoms with van der Waals surface area (Å²) in [5.41, 5.74) is 3.12. The number of piperidine rings is 1. The first kappa shape index (κ1) is 19.9. The molecular formula is C21H20F3NO3. The van der Waals surface area contributed by atoms with Crippen molar-refractivity contribution in [3.8, 4) is 5.75 Å². The Bertz CT molecular complexity index is 824. The molecule has 0 atom stereocenters. The molecule has 0 radical (unpaired) electrons. The summed E-state index contributed by atoms with van der Waals surface area (Å²) in [6.07, 6.45) is -1.92. The van der Waals surface area contributed by atoms with Gasteiger partial charge in [0.05, 0.1) is 0 Å². The summed E-state index contributed by atoms with van der Waals surface area (Å²) >= 11 is 0. The Hall–Kier alpha value is -2.80. The molecular weight excluding hydrogens is 371 g/mol. The molecule has 1 heterocycles. The molecule has 28 heavy (non-hydrogen) atoms. The number of ether oxygens (including phenoxy) is 1. The molecule has 0 amide bonds. The number of hydroxylamine groups is 2. The lowest BCUT2D eigenvalue weighted by Gasteiger charge is -2.27. The first-order chi connectivity index (χ1) is 13.4. The smallest absolute Gasteiger partial charge is 0.489 e. The summed E-state index contributed by atoms with van der Waals surface area (Å²) in [6.45, 7) is 0.941. The second-order valence-electron chi connectivity index (χ2n) is 6.45. The number of rotatable bonds is 5. The topological polar surface area (TPSA) is 38.8 Å². The van der Waals surface area contributed by atoms with E-state index in [1.54, 1.807) is 0 Å². The van der Waals surface area contributed by atoms with Gasteiger partial charge in [0.15, 0.2) is 0 Å². The van der Waals surface area contributed by atoms with Gasteiger partial charge in [0.25, 0.3) is 0 Å². The van der Waals surface area contributed by atoms with Crippen LogP contribution >= 0.6 is 0 Å². The van der Waals surface area contributed by atoms with E-state index in [1.165, 1.54) is 0 Å². The van der Waals surface area contributed by atoms with Crippen molar-refractivity contribution in [1.29, 1.82) is 0 Å². The van der Waals surface area contributed by atoms with Gasteiger partial charge in [-0.3, -0.25) is 0 Å². The van der Waals surface area contributed by atoms with Crippen molar-refractivity contribution in [2.45, 2.75) is 25.6 Å². The number of nitrogens with zero attached hydrogens (tertiary/aromatic N) is 1. The second kappa shape index (κ2) is 8.93. The summed E-state index contributed by atoms with van der Waals surface area (Å²) in [5.74, 6) is -1.43. The minimum Gasteiger partial charge on any atom is -0.489 e. The van der Waals surface area contributed by atoms with E-state index < -0.39 is 12.1 Å². The molecule has 2 aromatic rings. The first-order valence-electron chi connectivity index (χ1n) is 8.90. The number of alkyl halides is 3. The quantitative estimate of drug-likeness (QED) is 0.736. The van der Waals surface area contributed by atoms with Crippen LogP contribution in [0.4, 0.5) is 13.2 Å². The van der Waals surface area contributed by atoms with Gasteiger partial charge in [-0.15, -0.1) is 5.06 Å². The average molecular weight is 391 g/mol. The molecule has 7 heteroatoms. The normalized spacial score (nSPS) is 15.2. The molecule has 0 aliphatic carbocycles. The average Bonchev–Trinajstić information content (AvgIpc) is 2.68. The minimum absolute atomic E-state index is 0.234. The molecule has 0 bridgehead atoms. The molecule has 0 aromatic heterocycles. The van der Waals surface area contributed by atoms with Crippen LogP contribution in [0.2, 0.25) is 0 Å². The highest BCUT2D eigenvalue weighted by Gasteiger charge is 2.42. The summed E-state index contributed by atoms with van der Waals surface area (Å²) in [6, 6.07) is 17.5. The Balaban J connectivity index is 1.54. The Labute approximate surface area is 161 Å². The highest BCUT2D eigenvalue weighted by molar-refractivity contribution is 5.75. The molecule has 0 saturated carbocycles. The molecule has 0 spiro atoms. The third kappa shape index (κ3) is 5.85. The molecule has 1 saturated heterocycles. The number of hydrogen-bond donors (Lipinski definition) is 0. The lowest BCUT2D eigenvalue weighted by molar-refractivity contribution is -0.239. The Morgan fingerprint density at radius 3 is 2.43 bits per heavy atom. The maximum atomic E-state index is 12.3. The SMILES string of the molecule is O=C(ON1CCC(=Cc2cccc(OCc3ccccc3)c2)CC1)C(F)(F)F. The van der Waals surface area contributed by atoms with Crippen molar-refractivity contribution >= 4 is 12.0 Å². The Kier molecular flexibility index (Phi) is 6.36. The lowest BCUT2D eigenvalue weighted by Crippen LogP contribution is -2.38. The summed E-state index contributed by atoms with van der Waals surface area (Å²) in [4.78, 5) is 15.3. The van der Waals surface area contributed by atoms with E-state index >= 15 is 0 Å². The van der Waals surface area contributed by atoms with E-state index in [0.717, 1.165) is 27.5 Å². The molecule has 0 unspecified atom stereocenters. The van der Waals surface area contributed by atoms with Crippen LogP contribution in [-0.4, -0.2) is 30.3 Å². The maximum absolute atomic E-state index is 12.3. The van der Waals surface area contributed by atoms with Gasteiger partial charge in [0.1, 0.15) is 12.4 Å². The van der Waals surface area contributed by atoms with Gasteiger partial charge >= 0.3 is 12.1 Å². The van der Waals surface area contributed by atoms with E-state index in [1.807, 2.05) is 60.7 Å². The molecule has 1 aliphatic rings. The highest BCUT2D eigenvalue weighted by atomic mass is 19.4. The van der Waals surface area contributed by atoms with E-state index in [4.69, 9.17) is 4.74 Å². The summed E-state index contributed by atoms with van der Waals surface area (Å²) in [5, 5.41) is 1.06. The molecule has 3 rings (SSSR count). The zero-order valence-electron chi connectivity index (χ0n) is 15.1. The fourth-order valence-electron chi connectivity index (χ4n) is 2.85. The first-order valence-corrected chi connectivity index (χ1v) is 8.90. The number of halogens is 3. The van der Waals surface area contributed by atoms with Crippen LogP contribution in [0, 0.1) is 0 Å². The van der Waals surface area contributed by atoms with E-state index in [2.05, 4.69) is 4.84 Å². The number of carbonyl (C=O) groups excluding carboxylic acids is 1. The van der Waals surface area contributed by atoms with Crippen LogP contribution in [0.15, 0.2) is 60.2 Å². The van der Waals surface area contributed by atoms with E-state index in [0.29, 0.717) is 19.4 Å². The third-order valence-corrected chi connectivity index (χ3v) is 4.29. The predicted molar refractivity (Wildman–Crippen MR) is 98.1 cm³/mol. The molecule has 0 N–H and O–H groups in total. The molecule has 1 aliphatic heterocycles. The van der Waals surface area contributed by atoms with Crippen LogP contribution in [0.3, 0.4) is 0 Å². The Morgan fingerprint density at radius 1 is 1.04 bits per heavy atom. The van der Waals surface area contributed by atoms with E-state index in [-0.39, 0.29) is 13.1 Å². The molecule has 1 fully saturated rings. The van der Waals surface area contributed by atoms with Crippen LogP contribution in [-0.2, 0) is 16.2 Å². The number of hydrogen-bond acceptors (Lipinski definition) is 4. The minimum atomic E-state index is -4.98. The van der Waals surface area contributed by atoms with Crippen molar-refractivity contribution in [2.24, 2.45) is 0 Å². The fraction of sp³-hybridized carbons (Fsp3) is 0.286. The molecule has 2 aromatic carbocycles. The van der Waals surface area contributed by atoms with Gasteiger partial charge in [-0.25, -0.2) is 4.79 Å². The zero-order valence-corrected chi connectivity index (χ0v) is 15.1. The monoisotopic (exact) mass is 391 g/mol. The third-order valence-electron chi connectivity index (χ3n) is 4.29. The lowest BCUT2D eigenvalue weighted by atomic mass is 10.0. The van der Waals surface area contributed by atoms with Crippen LogP contribution in [0.1, 0.15) is 24.0 Å². The highest BCUT2D eigenvalue weighted by Crippen LogP contribution is 2.24. The number of carbonyl (C=O) groups is 1. The zero-order chi connectivity index (χ0) is 20.0. The van der Waals surface area contributed by atoms with Gasteiger partial charge in [-0.05, 0) is 36.1 Å². The van der Waals surface area contributed by atoms with Crippen molar-refractivity contribution in [1.82, 2.24) is 5.06 Å². The van der Waals surface area contributed by atoms with Gasteiger partial charge in [-0.2, -0.15) is 13.2 Å². The van der Waals surface area contributed by atoms with Crippen molar-refractivity contribution in [3.05, 3.63) is 71.3 Å². The largest absolute Gasteiger partial charge is 0.492 e. The standard InChI is InChI=1S/C21H20F3NO3/c22-21(23,24)20(26)28-25-11-9-16(10-12-25)13-18-7-4-8-19(14-18)27-15-17-5-2-1-3-6-17/h1-8,13-14H,9-12,15H2. The van der Waals surface area contributed by atoms with Crippen LogP contribution in [0.5, 0.6) is 5.75 Å². The second-order valence-corrected chi connectivity index (χ2v) is 6.45. The van der Waals surface area contributed by atoms with Crippen molar-refractivity contribution in [2.75, 3.05) is 13.1 Å². The maximum Gasteiger partial charge on any atom is 0.492 e. The Morgan fingerprint density at radius 2 is 1.75 bits per heavy atom. The van der Waals surface area contributed by atoms with Gasteiger partial charge < -0.3 is 9.57 Å². The van der Waals surface area contributed by atoms with E-state index in [9.17, 15) is 18.0 Å². The summed E-state index contributed by atoms with van der Waals surface area (Å²) in [7, 11) is 0. The van der Waals surface area contributed by atoms with Crippen molar-refractivity contribution in [3.63, 3.8) is 0 Å². The molecule has 148 valence electrons. The van der Waals surface area contributed by atoms with Gasteiger partial charge in [0.2, 0.25) is 0 Å². The fourth-order valence-corrected chi connectivity index (χ4v) is 2.85. The predicted octanol–water partition coefficient (Wildman–Crippen LogP) is 4.77. The molecule has 4 nitrogen and oxygen atoms in total. The van der Waals surface area contributed by atoms with Gasteiger partial charge in [0, 0.05) is 13.1 Å². The van der Waals surface area contributed by atoms with Crippen LogP contribution < -0.4 is 4.74 Å².